The highest BCUT2D eigenvalue weighted by Gasteiger charge is 2.27. The lowest BCUT2D eigenvalue weighted by molar-refractivity contribution is 0.251. The third-order valence-corrected chi connectivity index (χ3v) is 3.94. The van der Waals surface area contributed by atoms with Crippen LogP contribution in [0.15, 0.2) is 23.6 Å². The van der Waals surface area contributed by atoms with E-state index in [0.717, 1.165) is 10.7 Å². The summed E-state index contributed by atoms with van der Waals surface area (Å²) in [6.07, 6.45) is 2.51. The van der Waals surface area contributed by atoms with E-state index in [1.54, 1.807) is 0 Å². The molecule has 100 valence electrons. The average Bonchev–Trinajstić information content (AvgIpc) is 2.97. The van der Waals surface area contributed by atoms with E-state index in [1.807, 2.05) is 29.2 Å². The maximum Gasteiger partial charge on any atom is 0.320 e. The molecule has 3 rings (SSSR count). The number of carbonyl (C=O) groups is 1. The number of carbonyl (C=O) groups excluding carboxylic acids is 1. The van der Waals surface area contributed by atoms with Crippen LogP contribution in [-0.2, 0) is 13.6 Å². The van der Waals surface area contributed by atoms with Crippen LogP contribution in [0.1, 0.15) is 30.1 Å². The number of hydrogen-bond donors (Lipinski definition) is 2. The molecule has 0 atom stereocenters. The molecule has 0 saturated heterocycles. The summed E-state index contributed by atoms with van der Waals surface area (Å²) in [5.41, 5.74) is 2.18. The Balaban J connectivity index is 1.54. The van der Waals surface area contributed by atoms with E-state index in [-0.39, 0.29) is 6.03 Å². The highest BCUT2D eigenvalue weighted by Crippen LogP contribution is 2.39. The van der Waals surface area contributed by atoms with Gasteiger partial charge in [0.2, 0.25) is 0 Å². The fourth-order valence-corrected chi connectivity index (χ4v) is 2.68. The van der Waals surface area contributed by atoms with Crippen molar-refractivity contribution in [2.75, 3.05) is 5.32 Å². The number of rotatable bonds is 4. The van der Waals surface area contributed by atoms with Gasteiger partial charge in [0.15, 0.2) is 0 Å². The molecule has 0 aromatic carbocycles. The summed E-state index contributed by atoms with van der Waals surface area (Å²) in [5, 5.41) is 12.8. The van der Waals surface area contributed by atoms with Crippen molar-refractivity contribution in [3.8, 4) is 0 Å². The molecule has 1 aliphatic rings. The van der Waals surface area contributed by atoms with E-state index >= 15 is 0 Å². The van der Waals surface area contributed by atoms with Crippen molar-refractivity contribution in [3.05, 3.63) is 35.0 Å². The standard InChI is InChI=1S/C13H16N4OS/c1-17-11(9-4-5-9)7-10(16-17)8-14-13(18)15-12-3-2-6-19-12/h2-3,6-7,9H,4-5,8H2,1H3,(H2,14,15,18). The van der Waals surface area contributed by atoms with Crippen LogP contribution in [0.2, 0.25) is 0 Å². The van der Waals surface area contributed by atoms with E-state index < -0.39 is 0 Å². The molecule has 2 aromatic rings. The third kappa shape index (κ3) is 2.96. The smallest absolute Gasteiger partial charge is 0.320 e. The number of aryl methyl sites for hydroxylation is 1. The Kier molecular flexibility index (Phi) is 3.25. The van der Waals surface area contributed by atoms with Gasteiger partial charge in [0.1, 0.15) is 0 Å². The molecule has 0 bridgehead atoms. The Labute approximate surface area is 115 Å². The molecule has 0 unspecified atom stereocenters. The van der Waals surface area contributed by atoms with Crippen molar-refractivity contribution in [1.29, 1.82) is 0 Å². The summed E-state index contributed by atoms with van der Waals surface area (Å²) >= 11 is 1.50. The average molecular weight is 276 g/mol. The minimum absolute atomic E-state index is 0.193. The van der Waals surface area contributed by atoms with Gasteiger partial charge in [-0.2, -0.15) is 5.10 Å². The third-order valence-electron chi connectivity index (χ3n) is 3.15. The second kappa shape index (κ2) is 5.05. The summed E-state index contributed by atoms with van der Waals surface area (Å²) < 4.78 is 1.92. The van der Waals surface area contributed by atoms with E-state index in [0.29, 0.717) is 12.5 Å². The predicted molar refractivity (Wildman–Crippen MR) is 75.4 cm³/mol. The normalized spacial score (nSPS) is 14.4. The van der Waals surface area contributed by atoms with Crippen LogP contribution >= 0.6 is 11.3 Å². The number of nitrogens with one attached hydrogen (secondary N) is 2. The Morgan fingerprint density at radius 1 is 1.58 bits per heavy atom. The van der Waals surface area contributed by atoms with Gasteiger partial charge in [-0.05, 0) is 36.4 Å². The van der Waals surface area contributed by atoms with E-state index in [9.17, 15) is 4.79 Å². The van der Waals surface area contributed by atoms with Crippen molar-refractivity contribution in [2.45, 2.75) is 25.3 Å². The Bertz CT molecular complexity index is 571. The number of hydrogen-bond acceptors (Lipinski definition) is 3. The van der Waals surface area contributed by atoms with Crippen LogP contribution in [0.4, 0.5) is 9.80 Å². The zero-order valence-corrected chi connectivity index (χ0v) is 11.5. The van der Waals surface area contributed by atoms with Gasteiger partial charge in [-0.1, -0.05) is 0 Å². The first-order valence-corrected chi connectivity index (χ1v) is 7.21. The van der Waals surface area contributed by atoms with Crippen molar-refractivity contribution >= 4 is 22.4 Å². The first-order valence-electron chi connectivity index (χ1n) is 6.33. The minimum atomic E-state index is -0.193. The molecule has 2 amide bonds. The molecule has 1 saturated carbocycles. The molecule has 2 heterocycles. The summed E-state index contributed by atoms with van der Waals surface area (Å²) in [6, 6.07) is 5.67. The first kappa shape index (κ1) is 12.2. The van der Waals surface area contributed by atoms with Crippen LogP contribution in [-0.4, -0.2) is 15.8 Å². The number of anilines is 1. The van der Waals surface area contributed by atoms with Gasteiger partial charge in [0.25, 0.3) is 0 Å². The number of amides is 2. The van der Waals surface area contributed by atoms with Crippen LogP contribution in [0.5, 0.6) is 0 Å². The maximum absolute atomic E-state index is 11.7. The van der Waals surface area contributed by atoms with Crippen molar-refractivity contribution in [2.24, 2.45) is 7.05 Å². The molecule has 1 aliphatic carbocycles. The van der Waals surface area contributed by atoms with Gasteiger partial charge in [0, 0.05) is 18.7 Å². The lowest BCUT2D eigenvalue weighted by Crippen LogP contribution is -2.28. The first-order chi connectivity index (χ1) is 9.22. The Morgan fingerprint density at radius 3 is 3.11 bits per heavy atom. The number of thiophene rings is 1. The molecule has 0 aliphatic heterocycles. The van der Waals surface area contributed by atoms with Gasteiger partial charge < -0.3 is 5.32 Å². The molecule has 1 fully saturated rings. The lowest BCUT2D eigenvalue weighted by atomic mass is 10.2. The number of aromatic nitrogens is 2. The highest BCUT2D eigenvalue weighted by atomic mass is 32.1. The monoisotopic (exact) mass is 276 g/mol. The van der Waals surface area contributed by atoms with Gasteiger partial charge in [0.05, 0.1) is 17.2 Å². The quantitative estimate of drug-likeness (QED) is 0.902. The van der Waals surface area contributed by atoms with Gasteiger partial charge in [-0.25, -0.2) is 4.79 Å². The zero-order chi connectivity index (χ0) is 13.2. The minimum Gasteiger partial charge on any atom is -0.332 e. The molecule has 2 aromatic heterocycles. The highest BCUT2D eigenvalue weighted by molar-refractivity contribution is 7.14. The second-order valence-electron chi connectivity index (χ2n) is 4.74. The maximum atomic E-state index is 11.7. The van der Waals surface area contributed by atoms with Crippen molar-refractivity contribution in [1.82, 2.24) is 15.1 Å². The van der Waals surface area contributed by atoms with Gasteiger partial charge in [-0.3, -0.25) is 10.00 Å². The fraction of sp³-hybridized carbons (Fsp3) is 0.385. The number of nitrogens with zero attached hydrogens (tertiary/aromatic N) is 2. The zero-order valence-electron chi connectivity index (χ0n) is 10.7. The topological polar surface area (TPSA) is 59.0 Å². The lowest BCUT2D eigenvalue weighted by Gasteiger charge is -2.03. The molecular weight excluding hydrogens is 260 g/mol. The Morgan fingerprint density at radius 2 is 2.42 bits per heavy atom. The van der Waals surface area contributed by atoms with Crippen LogP contribution in [0.25, 0.3) is 0 Å². The fourth-order valence-electron chi connectivity index (χ4n) is 2.07. The number of urea groups is 1. The Hall–Kier alpha value is -1.82. The van der Waals surface area contributed by atoms with Crippen molar-refractivity contribution < 1.29 is 4.79 Å². The molecule has 6 heteroatoms. The van der Waals surface area contributed by atoms with E-state index in [1.165, 1.54) is 29.9 Å². The van der Waals surface area contributed by atoms with Gasteiger partial charge in [-0.15, -0.1) is 11.3 Å². The molecule has 2 N–H and O–H groups in total. The SMILES string of the molecule is Cn1nc(CNC(=O)Nc2cccs2)cc1C1CC1. The summed E-state index contributed by atoms with van der Waals surface area (Å²) in [7, 11) is 1.96. The molecule has 19 heavy (non-hydrogen) atoms. The summed E-state index contributed by atoms with van der Waals surface area (Å²) in [5.74, 6) is 0.672. The summed E-state index contributed by atoms with van der Waals surface area (Å²) in [4.78, 5) is 11.7. The largest absolute Gasteiger partial charge is 0.332 e. The van der Waals surface area contributed by atoms with Crippen molar-refractivity contribution in [3.63, 3.8) is 0 Å². The van der Waals surface area contributed by atoms with E-state index in [2.05, 4.69) is 21.8 Å². The van der Waals surface area contributed by atoms with Gasteiger partial charge >= 0.3 is 6.03 Å². The molecular formula is C13H16N4OS. The van der Waals surface area contributed by atoms with E-state index in [4.69, 9.17) is 0 Å². The molecule has 0 radical (unpaired) electrons. The van der Waals surface area contributed by atoms with Crippen LogP contribution in [0.3, 0.4) is 0 Å². The second-order valence-corrected chi connectivity index (χ2v) is 5.69. The summed E-state index contributed by atoms with van der Waals surface area (Å²) in [6.45, 7) is 0.456. The molecule has 0 spiro atoms. The van der Waals surface area contributed by atoms with Crippen LogP contribution in [0, 0.1) is 0 Å². The molecule has 5 nitrogen and oxygen atoms in total. The predicted octanol–water partition coefficient (Wildman–Crippen LogP) is 2.68. The van der Waals surface area contributed by atoms with Crippen LogP contribution < -0.4 is 10.6 Å².